The fraction of sp³-hybridized carbons (Fsp3) is 0.520. The summed E-state index contributed by atoms with van der Waals surface area (Å²) in [6.07, 6.45) is 5.03. The van der Waals surface area contributed by atoms with Gasteiger partial charge in [0.15, 0.2) is 11.5 Å². The first kappa shape index (κ1) is 24.8. The van der Waals surface area contributed by atoms with Gasteiger partial charge in [-0.1, -0.05) is 6.07 Å². The zero-order chi connectivity index (χ0) is 23.5. The number of amides is 1. The second kappa shape index (κ2) is 13.0. The first-order valence-electron chi connectivity index (χ1n) is 11.4. The van der Waals surface area contributed by atoms with Crippen molar-refractivity contribution in [1.82, 2.24) is 15.2 Å². The monoisotopic (exact) mass is 457 g/mol. The van der Waals surface area contributed by atoms with E-state index in [1.807, 2.05) is 30.3 Å². The van der Waals surface area contributed by atoms with Crippen LogP contribution in [-0.2, 0) is 16.1 Å². The van der Waals surface area contributed by atoms with Gasteiger partial charge in [0.05, 0.1) is 32.9 Å². The number of hydrogen-bond acceptors (Lipinski definition) is 7. The molecule has 0 aliphatic carbocycles. The summed E-state index contributed by atoms with van der Waals surface area (Å²) in [5, 5.41) is 3.07. The maximum Gasteiger partial charge on any atom is 0.224 e. The number of pyridine rings is 1. The summed E-state index contributed by atoms with van der Waals surface area (Å²) in [6, 6.07) is 9.71. The van der Waals surface area contributed by atoms with Crippen molar-refractivity contribution < 1.29 is 23.7 Å². The number of rotatable bonds is 12. The highest BCUT2D eigenvalue weighted by Crippen LogP contribution is 2.30. The molecule has 1 amide bonds. The molecule has 2 aromatic rings. The number of nitrogens with one attached hydrogen (secondary N) is 1. The van der Waals surface area contributed by atoms with Crippen LogP contribution in [-0.4, -0.2) is 70.0 Å². The van der Waals surface area contributed by atoms with Crippen LogP contribution >= 0.6 is 0 Å². The Morgan fingerprint density at radius 2 is 2.00 bits per heavy atom. The predicted octanol–water partition coefficient (Wildman–Crippen LogP) is 2.77. The van der Waals surface area contributed by atoms with Gasteiger partial charge in [-0.2, -0.15) is 0 Å². The van der Waals surface area contributed by atoms with E-state index >= 15 is 0 Å². The van der Waals surface area contributed by atoms with Crippen LogP contribution in [0.2, 0.25) is 0 Å². The highest BCUT2D eigenvalue weighted by molar-refractivity contribution is 5.79. The van der Waals surface area contributed by atoms with Crippen molar-refractivity contribution in [3.05, 3.63) is 48.3 Å². The maximum atomic E-state index is 12.9. The van der Waals surface area contributed by atoms with Gasteiger partial charge in [-0.15, -0.1) is 0 Å². The van der Waals surface area contributed by atoms with E-state index in [-0.39, 0.29) is 17.7 Å². The Morgan fingerprint density at radius 1 is 1.15 bits per heavy atom. The molecule has 2 heterocycles. The lowest BCUT2D eigenvalue weighted by atomic mass is 9.88. The van der Waals surface area contributed by atoms with Crippen LogP contribution in [0, 0.1) is 11.8 Å². The molecule has 180 valence electrons. The summed E-state index contributed by atoms with van der Waals surface area (Å²) in [4.78, 5) is 19.3. The summed E-state index contributed by atoms with van der Waals surface area (Å²) >= 11 is 0. The van der Waals surface area contributed by atoms with Crippen molar-refractivity contribution in [1.29, 1.82) is 0 Å². The maximum absolute atomic E-state index is 12.9. The van der Waals surface area contributed by atoms with Crippen LogP contribution in [0.4, 0.5) is 0 Å². The summed E-state index contributed by atoms with van der Waals surface area (Å²) in [6.45, 7) is 4.07. The number of likely N-dealkylation sites (tertiary alicyclic amines) is 1. The topological polar surface area (TPSA) is 82.2 Å². The van der Waals surface area contributed by atoms with Crippen LogP contribution in [0.5, 0.6) is 17.2 Å². The molecule has 2 atom stereocenters. The zero-order valence-electron chi connectivity index (χ0n) is 19.8. The van der Waals surface area contributed by atoms with Gasteiger partial charge in [0.2, 0.25) is 5.91 Å². The van der Waals surface area contributed by atoms with E-state index in [1.54, 1.807) is 33.7 Å². The minimum atomic E-state index is -0.0936. The molecule has 8 nitrogen and oxygen atoms in total. The van der Waals surface area contributed by atoms with Gasteiger partial charge in [0.25, 0.3) is 0 Å². The molecule has 1 fully saturated rings. The highest BCUT2D eigenvalue weighted by Gasteiger charge is 2.32. The van der Waals surface area contributed by atoms with E-state index in [0.717, 1.165) is 37.2 Å². The van der Waals surface area contributed by atoms with Crippen molar-refractivity contribution in [3.8, 4) is 17.2 Å². The Balaban J connectivity index is 1.66. The number of piperidine rings is 1. The van der Waals surface area contributed by atoms with E-state index in [1.165, 1.54) is 0 Å². The van der Waals surface area contributed by atoms with E-state index in [4.69, 9.17) is 18.9 Å². The Bertz CT molecular complexity index is 864. The SMILES string of the molecule is COCCCNC(=O)[C@@H]1C[C@H](COc2cccnc2)CN(Cc2ccc(OC)c(OC)c2)C1. The van der Waals surface area contributed by atoms with E-state index in [0.29, 0.717) is 37.8 Å². The van der Waals surface area contributed by atoms with Gasteiger partial charge >= 0.3 is 0 Å². The van der Waals surface area contributed by atoms with Gasteiger partial charge in [-0.05, 0) is 42.7 Å². The minimum absolute atomic E-state index is 0.0921. The Labute approximate surface area is 196 Å². The molecule has 0 radical (unpaired) electrons. The van der Waals surface area contributed by atoms with E-state index in [2.05, 4.69) is 15.2 Å². The fourth-order valence-corrected chi connectivity index (χ4v) is 4.20. The van der Waals surface area contributed by atoms with Crippen LogP contribution in [0.1, 0.15) is 18.4 Å². The lowest BCUT2D eigenvalue weighted by Crippen LogP contribution is -2.47. The average molecular weight is 458 g/mol. The number of ether oxygens (including phenoxy) is 4. The molecule has 0 bridgehead atoms. The second-order valence-corrected chi connectivity index (χ2v) is 8.32. The standard InChI is InChI=1S/C25H35N3O5/c1-30-11-5-10-27-25(29)21-12-20(18-33-22-6-4-9-26-14-22)16-28(17-21)15-19-7-8-23(31-2)24(13-19)32-3/h4,6-9,13-14,20-21H,5,10-12,15-18H2,1-3H3,(H,27,29)/t20-,21+/m0/s1. The third-order valence-electron chi connectivity index (χ3n) is 5.78. The lowest BCUT2D eigenvalue weighted by molar-refractivity contribution is -0.127. The smallest absolute Gasteiger partial charge is 0.224 e. The third-order valence-corrected chi connectivity index (χ3v) is 5.78. The second-order valence-electron chi connectivity index (χ2n) is 8.32. The van der Waals surface area contributed by atoms with Gasteiger partial charge in [0.1, 0.15) is 5.75 Å². The molecule has 1 aliphatic heterocycles. The molecular formula is C25H35N3O5. The van der Waals surface area contributed by atoms with Crippen LogP contribution in [0.25, 0.3) is 0 Å². The Kier molecular flexibility index (Phi) is 9.77. The summed E-state index contributed by atoms with van der Waals surface area (Å²) in [5.41, 5.74) is 1.11. The predicted molar refractivity (Wildman–Crippen MR) is 126 cm³/mol. The molecule has 3 rings (SSSR count). The molecule has 33 heavy (non-hydrogen) atoms. The number of hydrogen-bond donors (Lipinski definition) is 1. The normalized spacial score (nSPS) is 18.5. The summed E-state index contributed by atoms with van der Waals surface area (Å²) in [5.74, 6) is 2.38. The first-order chi connectivity index (χ1) is 16.1. The lowest BCUT2D eigenvalue weighted by Gasteiger charge is -2.37. The van der Waals surface area contributed by atoms with Crippen molar-refractivity contribution in [2.75, 3.05) is 54.2 Å². The van der Waals surface area contributed by atoms with Gasteiger partial charge in [-0.3, -0.25) is 14.7 Å². The van der Waals surface area contributed by atoms with Crippen LogP contribution < -0.4 is 19.5 Å². The van der Waals surface area contributed by atoms with Crippen molar-refractivity contribution in [3.63, 3.8) is 0 Å². The van der Waals surface area contributed by atoms with Crippen molar-refractivity contribution in [2.24, 2.45) is 11.8 Å². The molecule has 0 unspecified atom stereocenters. The summed E-state index contributed by atoms with van der Waals surface area (Å²) in [7, 11) is 4.94. The van der Waals surface area contributed by atoms with E-state index < -0.39 is 0 Å². The Morgan fingerprint density at radius 3 is 2.73 bits per heavy atom. The zero-order valence-corrected chi connectivity index (χ0v) is 19.8. The molecule has 8 heteroatoms. The average Bonchev–Trinajstić information content (AvgIpc) is 2.85. The molecule has 1 N–H and O–H groups in total. The van der Waals surface area contributed by atoms with Crippen molar-refractivity contribution in [2.45, 2.75) is 19.4 Å². The number of carbonyl (C=O) groups is 1. The quantitative estimate of drug-likeness (QED) is 0.491. The molecule has 0 saturated carbocycles. The molecule has 0 spiro atoms. The van der Waals surface area contributed by atoms with Crippen LogP contribution in [0.15, 0.2) is 42.7 Å². The molecular weight excluding hydrogens is 422 g/mol. The number of nitrogens with zero attached hydrogens (tertiary/aromatic N) is 2. The molecule has 1 aromatic carbocycles. The highest BCUT2D eigenvalue weighted by atomic mass is 16.5. The number of benzene rings is 1. The number of aromatic nitrogens is 1. The molecule has 1 saturated heterocycles. The van der Waals surface area contributed by atoms with E-state index in [9.17, 15) is 4.79 Å². The number of methoxy groups -OCH3 is 3. The summed E-state index contributed by atoms with van der Waals surface area (Å²) < 4.78 is 21.9. The van der Waals surface area contributed by atoms with Gasteiger partial charge in [-0.25, -0.2) is 0 Å². The first-order valence-corrected chi connectivity index (χ1v) is 11.4. The third kappa shape index (κ3) is 7.61. The largest absolute Gasteiger partial charge is 0.493 e. The van der Waals surface area contributed by atoms with Gasteiger partial charge < -0.3 is 24.3 Å². The minimum Gasteiger partial charge on any atom is -0.493 e. The fourth-order valence-electron chi connectivity index (χ4n) is 4.20. The molecule has 1 aliphatic rings. The molecule has 1 aromatic heterocycles. The number of carbonyl (C=O) groups excluding carboxylic acids is 1. The van der Waals surface area contributed by atoms with Crippen LogP contribution in [0.3, 0.4) is 0 Å². The van der Waals surface area contributed by atoms with Crippen molar-refractivity contribution >= 4 is 5.91 Å². The van der Waals surface area contributed by atoms with Gasteiger partial charge in [0, 0.05) is 52.0 Å². The Hall–Kier alpha value is -2.84.